The van der Waals surface area contributed by atoms with Crippen molar-refractivity contribution in [1.82, 2.24) is 5.43 Å². The molecule has 0 atom stereocenters. The average molecular weight is 339 g/mol. The van der Waals surface area contributed by atoms with E-state index in [9.17, 15) is 14.7 Å². The number of rotatable bonds is 6. The molecule has 0 saturated carbocycles. The lowest BCUT2D eigenvalue weighted by atomic mass is 10.1. The smallest absolute Gasteiger partial charge is 0.240 e. The lowest BCUT2D eigenvalue weighted by Gasteiger charge is -2.09. The first-order chi connectivity index (χ1) is 12.0. The van der Waals surface area contributed by atoms with Crippen LogP contribution in [0.3, 0.4) is 0 Å². The quantitative estimate of drug-likeness (QED) is 0.558. The van der Waals surface area contributed by atoms with E-state index in [1.807, 2.05) is 32.0 Å². The van der Waals surface area contributed by atoms with E-state index in [1.165, 1.54) is 12.3 Å². The summed E-state index contributed by atoms with van der Waals surface area (Å²) in [6, 6.07) is 12.4. The Hall–Kier alpha value is -3.15. The van der Waals surface area contributed by atoms with Crippen molar-refractivity contribution in [3.63, 3.8) is 0 Å². The second-order valence-corrected chi connectivity index (χ2v) is 5.72. The number of carbonyl (C=O) groups excluding carboxylic acids is 2. The Labute approximate surface area is 146 Å². The zero-order chi connectivity index (χ0) is 18.2. The third-order valence-corrected chi connectivity index (χ3v) is 3.58. The molecule has 0 unspecified atom stereocenters. The number of carbonyl (C=O) groups is 2. The molecule has 2 amide bonds. The van der Waals surface area contributed by atoms with Crippen LogP contribution in [0.15, 0.2) is 47.6 Å². The Bertz CT molecular complexity index is 800. The number of phenols is 1. The summed E-state index contributed by atoms with van der Waals surface area (Å²) >= 11 is 0. The molecule has 0 spiro atoms. The summed E-state index contributed by atoms with van der Waals surface area (Å²) in [6.07, 6.45) is 1.43. The number of aromatic hydroxyl groups is 1. The predicted molar refractivity (Wildman–Crippen MR) is 97.6 cm³/mol. The fourth-order valence-electron chi connectivity index (χ4n) is 2.14. The molecule has 0 saturated heterocycles. The normalized spacial score (nSPS) is 10.6. The molecule has 0 heterocycles. The lowest BCUT2D eigenvalue weighted by molar-refractivity contribution is -0.124. The van der Waals surface area contributed by atoms with Crippen LogP contribution in [-0.2, 0) is 9.59 Å². The van der Waals surface area contributed by atoms with Crippen LogP contribution < -0.4 is 10.7 Å². The van der Waals surface area contributed by atoms with E-state index in [-0.39, 0.29) is 30.4 Å². The van der Waals surface area contributed by atoms with E-state index >= 15 is 0 Å². The second kappa shape index (κ2) is 8.63. The van der Waals surface area contributed by atoms with Crippen molar-refractivity contribution in [3.8, 4) is 5.75 Å². The Balaban J connectivity index is 1.78. The van der Waals surface area contributed by atoms with Crippen LogP contribution in [0.4, 0.5) is 5.69 Å². The number of para-hydroxylation sites is 1. The third kappa shape index (κ3) is 5.76. The largest absolute Gasteiger partial charge is 0.507 e. The monoisotopic (exact) mass is 339 g/mol. The van der Waals surface area contributed by atoms with E-state index in [1.54, 1.807) is 18.2 Å². The Morgan fingerprint density at radius 3 is 2.56 bits per heavy atom. The summed E-state index contributed by atoms with van der Waals surface area (Å²) in [6.45, 7) is 3.86. The van der Waals surface area contributed by atoms with Crippen molar-refractivity contribution in [2.45, 2.75) is 26.7 Å². The maximum atomic E-state index is 12.0. The lowest BCUT2D eigenvalue weighted by Crippen LogP contribution is -2.20. The predicted octanol–water partition coefficient (Wildman–Crippen LogP) is 2.88. The average Bonchev–Trinajstić information content (AvgIpc) is 2.58. The topological polar surface area (TPSA) is 90.8 Å². The Morgan fingerprint density at radius 2 is 1.80 bits per heavy atom. The molecule has 0 aromatic heterocycles. The van der Waals surface area contributed by atoms with E-state index in [0.717, 1.165) is 16.8 Å². The van der Waals surface area contributed by atoms with Crippen molar-refractivity contribution < 1.29 is 14.7 Å². The highest BCUT2D eigenvalue weighted by molar-refractivity contribution is 5.94. The van der Waals surface area contributed by atoms with Gasteiger partial charge in [0, 0.05) is 24.1 Å². The first-order valence-corrected chi connectivity index (χ1v) is 7.92. The number of aryl methyl sites for hydroxylation is 2. The van der Waals surface area contributed by atoms with Gasteiger partial charge in [0.15, 0.2) is 0 Å². The molecule has 0 bridgehead atoms. The highest BCUT2D eigenvalue weighted by atomic mass is 16.3. The van der Waals surface area contributed by atoms with Crippen LogP contribution in [0.25, 0.3) is 0 Å². The number of hydrogen-bond donors (Lipinski definition) is 3. The molecule has 0 fully saturated rings. The molecule has 0 aliphatic heterocycles. The highest BCUT2D eigenvalue weighted by Crippen LogP contribution is 2.16. The van der Waals surface area contributed by atoms with Gasteiger partial charge in [0.25, 0.3) is 0 Å². The van der Waals surface area contributed by atoms with Gasteiger partial charge in [-0.2, -0.15) is 5.10 Å². The molecule has 6 nitrogen and oxygen atoms in total. The zero-order valence-electron chi connectivity index (χ0n) is 14.2. The number of nitrogens with one attached hydrogen (secondary N) is 2. The van der Waals surface area contributed by atoms with Crippen LogP contribution in [0.2, 0.25) is 0 Å². The Kier molecular flexibility index (Phi) is 6.28. The first kappa shape index (κ1) is 18.2. The zero-order valence-corrected chi connectivity index (χ0v) is 14.2. The van der Waals surface area contributed by atoms with Crippen LogP contribution in [0.5, 0.6) is 5.75 Å². The van der Waals surface area contributed by atoms with Crippen molar-refractivity contribution in [2.75, 3.05) is 5.32 Å². The van der Waals surface area contributed by atoms with Gasteiger partial charge in [-0.15, -0.1) is 0 Å². The number of anilines is 1. The minimum Gasteiger partial charge on any atom is -0.507 e. The number of benzene rings is 2. The molecule has 0 radical (unpaired) electrons. The van der Waals surface area contributed by atoms with Crippen LogP contribution in [-0.4, -0.2) is 23.1 Å². The van der Waals surface area contributed by atoms with Crippen molar-refractivity contribution >= 4 is 23.7 Å². The van der Waals surface area contributed by atoms with Crippen molar-refractivity contribution in [2.24, 2.45) is 5.10 Å². The van der Waals surface area contributed by atoms with E-state index in [2.05, 4.69) is 15.8 Å². The number of nitrogens with zero attached hydrogens (tertiary/aromatic N) is 1. The maximum absolute atomic E-state index is 12.0. The summed E-state index contributed by atoms with van der Waals surface area (Å²) in [5, 5.41) is 16.2. The molecule has 0 aliphatic carbocycles. The van der Waals surface area contributed by atoms with Gasteiger partial charge in [0.2, 0.25) is 11.8 Å². The molecular formula is C19H21N3O3. The van der Waals surface area contributed by atoms with Gasteiger partial charge in [0.05, 0.1) is 6.21 Å². The number of phenolic OH excluding ortho intramolecular Hbond substituents is 1. The Morgan fingerprint density at radius 1 is 1.08 bits per heavy atom. The minimum absolute atomic E-state index is 0.0226. The van der Waals surface area contributed by atoms with Crippen molar-refractivity contribution in [1.29, 1.82) is 0 Å². The molecule has 0 aliphatic rings. The summed E-state index contributed by atoms with van der Waals surface area (Å²) in [4.78, 5) is 23.7. The van der Waals surface area contributed by atoms with Crippen molar-refractivity contribution in [3.05, 3.63) is 59.2 Å². The summed E-state index contributed by atoms with van der Waals surface area (Å²) < 4.78 is 0. The molecule has 2 aromatic rings. The highest BCUT2D eigenvalue weighted by Gasteiger charge is 2.08. The van der Waals surface area contributed by atoms with Gasteiger partial charge in [0.1, 0.15) is 5.75 Å². The fraction of sp³-hybridized carbons (Fsp3) is 0.211. The molecule has 130 valence electrons. The number of hydrazone groups is 1. The number of amides is 2. The SMILES string of the molecule is Cc1ccc(C)c(NC(=O)CCC(=O)N/N=C/c2ccccc2O)c1. The molecule has 2 aromatic carbocycles. The van der Waals surface area contributed by atoms with Crippen LogP contribution >= 0.6 is 0 Å². The second-order valence-electron chi connectivity index (χ2n) is 5.72. The third-order valence-electron chi connectivity index (χ3n) is 3.58. The van der Waals surface area contributed by atoms with Gasteiger partial charge in [-0.3, -0.25) is 9.59 Å². The molecule has 3 N–H and O–H groups in total. The standard InChI is InChI=1S/C19H21N3O3/c1-13-7-8-14(2)16(11-13)21-18(24)9-10-19(25)22-20-12-15-5-3-4-6-17(15)23/h3-8,11-12,23H,9-10H2,1-2H3,(H,21,24)(H,22,25)/b20-12+. The molecule has 6 heteroatoms. The van der Waals surface area contributed by atoms with Gasteiger partial charge >= 0.3 is 0 Å². The van der Waals surface area contributed by atoms with Gasteiger partial charge < -0.3 is 10.4 Å². The van der Waals surface area contributed by atoms with E-state index in [0.29, 0.717) is 5.56 Å². The van der Waals surface area contributed by atoms with Gasteiger partial charge in [-0.25, -0.2) is 5.43 Å². The molecular weight excluding hydrogens is 318 g/mol. The molecule has 25 heavy (non-hydrogen) atoms. The minimum atomic E-state index is -0.372. The maximum Gasteiger partial charge on any atom is 0.240 e. The summed E-state index contributed by atoms with van der Waals surface area (Å²) in [5.74, 6) is -0.523. The molecule has 2 rings (SSSR count). The van der Waals surface area contributed by atoms with Gasteiger partial charge in [-0.1, -0.05) is 24.3 Å². The van der Waals surface area contributed by atoms with Crippen LogP contribution in [0.1, 0.15) is 29.5 Å². The first-order valence-electron chi connectivity index (χ1n) is 7.92. The van der Waals surface area contributed by atoms with Gasteiger partial charge in [-0.05, 0) is 43.2 Å². The summed E-state index contributed by atoms with van der Waals surface area (Å²) in [7, 11) is 0. The number of hydrogen-bond acceptors (Lipinski definition) is 4. The van der Waals surface area contributed by atoms with Crippen LogP contribution in [0, 0.1) is 13.8 Å². The fourth-order valence-corrected chi connectivity index (χ4v) is 2.14. The van der Waals surface area contributed by atoms with E-state index in [4.69, 9.17) is 0 Å². The summed E-state index contributed by atoms with van der Waals surface area (Å²) in [5.41, 5.74) is 5.61. The van der Waals surface area contributed by atoms with E-state index < -0.39 is 0 Å².